The van der Waals surface area contributed by atoms with Gasteiger partial charge in [0.25, 0.3) is 15.3 Å². The van der Waals surface area contributed by atoms with E-state index in [9.17, 15) is 13.5 Å². The Morgan fingerprint density at radius 3 is 2.34 bits per heavy atom. The van der Waals surface area contributed by atoms with Crippen LogP contribution < -0.4 is 9.47 Å². The number of nitrogens with zero attached hydrogens (tertiary/aromatic N) is 1. The molecule has 0 bridgehead atoms. The maximum absolute atomic E-state index is 12.5. The Hall–Kier alpha value is -2.20. The van der Waals surface area contributed by atoms with E-state index in [0.29, 0.717) is 26.7 Å². The van der Waals surface area contributed by atoms with Gasteiger partial charge in [-0.15, -0.1) is 0 Å². The molecule has 0 fully saturated rings. The number of aryl methyl sites for hydroxylation is 1. The SMILES string of the molecule is Cc1ccc(S(=O)(=O)OCC(O)c2ccc(OC(C)(C)C)c3nc(OC(C)C)sc23)cc1. The minimum absolute atomic E-state index is 0.0415. The third-order valence-electron chi connectivity index (χ3n) is 4.32. The lowest BCUT2D eigenvalue weighted by atomic mass is 10.1. The van der Waals surface area contributed by atoms with Gasteiger partial charge >= 0.3 is 0 Å². The summed E-state index contributed by atoms with van der Waals surface area (Å²) >= 11 is 1.27. The number of aromatic nitrogens is 1. The van der Waals surface area contributed by atoms with Crippen molar-refractivity contribution in [3.8, 4) is 10.9 Å². The Kier molecular flexibility index (Phi) is 7.14. The zero-order chi connectivity index (χ0) is 23.7. The van der Waals surface area contributed by atoms with Crippen LogP contribution in [-0.4, -0.2) is 36.8 Å². The van der Waals surface area contributed by atoms with Gasteiger partial charge in [0.15, 0.2) is 0 Å². The maximum Gasteiger partial charge on any atom is 0.297 e. The van der Waals surface area contributed by atoms with Crippen LogP contribution in [0.1, 0.15) is 51.8 Å². The molecule has 1 N–H and O–H groups in total. The number of thiazole rings is 1. The topological polar surface area (TPSA) is 95.0 Å². The molecule has 0 radical (unpaired) electrons. The molecule has 32 heavy (non-hydrogen) atoms. The zero-order valence-corrected chi connectivity index (χ0v) is 20.7. The molecule has 2 aromatic carbocycles. The van der Waals surface area contributed by atoms with Gasteiger partial charge in [-0.05, 0) is 59.7 Å². The molecule has 7 nitrogen and oxygen atoms in total. The van der Waals surface area contributed by atoms with Crippen molar-refractivity contribution in [2.75, 3.05) is 6.61 Å². The first-order valence-corrected chi connectivity index (χ1v) is 12.5. The molecule has 174 valence electrons. The molecule has 9 heteroatoms. The Balaban J connectivity index is 1.90. The van der Waals surface area contributed by atoms with Gasteiger partial charge < -0.3 is 14.6 Å². The molecular formula is C23H29NO6S2. The third kappa shape index (κ3) is 5.98. The summed E-state index contributed by atoms with van der Waals surface area (Å²) in [5.74, 6) is 0.562. The van der Waals surface area contributed by atoms with Crippen LogP contribution in [-0.2, 0) is 14.3 Å². The van der Waals surface area contributed by atoms with Gasteiger partial charge in [0.05, 0.1) is 22.3 Å². The van der Waals surface area contributed by atoms with Crippen molar-refractivity contribution in [3.63, 3.8) is 0 Å². The van der Waals surface area contributed by atoms with Gasteiger partial charge in [-0.2, -0.15) is 13.4 Å². The van der Waals surface area contributed by atoms with E-state index in [1.807, 2.05) is 41.5 Å². The van der Waals surface area contributed by atoms with Crippen LogP contribution in [0, 0.1) is 6.92 Å². The monoisotopic (exact) mass is 479 g/mol. The first kappa shape index (κ1) is 24.4. The molecule has 3 rings (SSSR count). The number of rotatable bonds is 8. The lowest BCUT2D eigenvalue weighted by Crippen LogP contribution is -2.23. The molecule has 0 aliphatic heterocycles. The van der Waals surface area contributed by atoms with Gasteiger partial charge in [-0.25, -0.2) is 0 Å². The fourth-order valence-corrected chi connectivity index (χ4v) is 4.96. The number of benzene rings is 2. The van der Waals surface area contributed by atoms with Crippen LogP contribution in [0.5, 0.6) is 10.9 Å². The van der Waals surface area contributed by atoms with Crippen molar-refractivity contribution in [3.05, 3.63) is 47.5 Å². The van der Waals surface area contributed by atoms with Crippen molar-refractivity contribution in [1.82, 2.24) is 4.98 Å². The van der Waals surface area contributed by atoms with Crippen LogP contribution in [0.15, 0.2) is 41.3 Å². The number of aliphatic hydroxyl groups excluding tert-OH is 1. The van der Waals surface area contributed by atoms with E-state index in [1.54, 1.807) is 24.3 Å². The van der Waals surface area contributed by atoms with Crippen LogP contribution in [0.3, 0.4) is 0 Å². The highest BCUT2D eigenvalue weighted by Gasteiger charge is 2.24. The minimum atomic E-state index is -4.00. The highest BCUT2D eigenvalue weighted by molar-refractivity contribution is 7.86. The van der Waals surface area contributed by atoms with Gasteiger partial charge in [0, 0.05) is 5.56 Å². The molecule has 3 aromatic rings. The van der Waals surface area contributed by atoms with Gasteiger partial charge in [-0.3, -0.25) is 4.18 Å². The largest absolute Gasteiger partial charge is 0.486 e. The lowest BCUT2D eigenvalue weighted by Gasteiger charge is -2.22. The average Bonchev–Trinajstić information content (AvgIpc) is 3.09. The second-order valence-electron chi connectivity index (χ2n) is 8.76. The summed E-state index contributed by atoms with van der Waals surface area (Å²) < 4.78 is 42.6. The zero-order valence-electron chi connectivity index (χ0n) is 19.1. The molecule has 1 heterocycles. The fourth-order valence-electron chi connectivity index (χ4n) is 2.93. The number of hydrogen-bond donors (Lipinski definition) is 1. The van der Waals surface area contributed by atoms with E-state index >= 15 is 0 Å². The van der Waals surface area contributed by atoms with Crippen LogP contribution in [0.4, 0.5) is 0 Å². The molecule has 0 saturated carbocycles. The van der Waals surface area contributed by atoms with E-state index in [-0.39, 0.29) is 11.0 Å². The van der Waals surface area contributed by atoms with Gasteiger partial charge in [0.1, 0.15) is 23.0 Å². The molecule has 0 aliphatic rings. The number of aliphatic hydroxyl groups is 1. The molecule has 0 amide bonds. The number of fused-ring (bicyclic) bond motifs is 1. The molecular weight excluding hydrogens is 450 g/mol. The van der Waals surface area contributed by atoms with Gasteiger partial charge in [-0.1, -0.05) is 35.1 Å². The molecule has 1 atom stereocenters. The maximum atomic E-state index is 12.5. The Labute approximate surface area is 193 Å². The minimum Gasteiger partial charge on any atom is -0.486 e. The van der Waals surface area contributed by atoms with Crippen LogP contribution in [0.2, 0.25) is 0 Å². The van der Waals surface area contributed by atoms with Crippen molar-refractivity contribution in [2.24, 2.45) is 0 Å². The summed E-state index contributed by atoms with van der Waals surface area (Å²) in [5, 5.41) is 11.2. The Morgan fingerprint density at radius 1 is 1.09 bits per heavy atom. The number of ether oxygens (including phenoxy) is 2. The van der Waals surface area contributed by atoms with E-state index < -0.39 is 28.4 Å². The normalized spacial score (nSPS) is 13.5. The summed E-state index contributed by atoms with van der Waals surface area (Å²) in [6.07, 6.45) is -1.26. The standard InChI is InChI=1S/C23H29NO6S2/c1-14(2)29-22-24-20-19(30-23(4,5)6)12-11-17(21(20)31-22)18(25)13-28-32(26,27)16-9-7-15(3)8-10-16/h7-12,14,18,25H,13H2,1-6H3. The second kappa shape index (κ2) is 9.35. The quantitative estimate of drug-likeness (QED) is 0.454. The van der Waals surface area contributed by atoms with Crippen molar-refractivity contribution in [1.29, 1.82) is 0 Å². The summed E-state index contributed by atoms with van der Waals surface area (Å²) in [4.78, 5) is 4.59. The molecule has 0 spiro atoms. The molecule has 0 aliphatic carbocycles. The van der Waals surface area contributed by atoms with E-state index in [4.69, 9.17) is 13.7 Å². The molecule has 1 unspecified atom stereocenters. The highest BCUT2D eigenvalue weighted by Crippen LogP contribution is 2.40. The molecule has 1 aromatic heterocycles. The van der Waals surface area contributed by atoms with E-state index in [0.717, 1.165) is 5.56 Å². The Bertz CT molecular complexity index is 1180. The van der Waals surface area contributed by atoms with E-state index in [2.05, 4.69) is 4.98 Å². The van der Waals surface area contributed by atoms with Gasteiger partial charge in [0.2, 0.25) is 0 Å². The first-order valence-electron chi connectivity index (χ1n) is 10.3. The lowest BCUT2D eigenvalue weighted by molar-refractivity contribution is 0.112. The van der Waals surface area contributed by atoms with Crippen molar-refractivity contribution >= 4 is 31.7 Å². The number of hydrogen-bond acceptors (Lipinski definition) is 8. The summed E-state index contributed by atoms with van der Waals surface area (Å²) in [5.41, 5.74) is 1.55. The van der Waals surface area contributed by atoms with Crippen LogP contribution >= 0.6 is 11.3 Å². The summed E-state index contributed by atoms with van der Waals surface area (Å²) in [6.45, 7) is 11.0. The second-order valence-corrected chi connectivity index (χ2v) is 11.3. The van der Waals surface area contributed by atoms with Crippen molar-refractivity contribution in [2.45, 2.75) is 64.2 Å². The fraction of sp³-hybridized carbons (Fsp3) is 0.435. The predicted molar refractivity (Wildman–Crippen MR) is 125 cm³/mol. The predicted octanol–water partition coefficient (Wildman–Crippen LogP) is 5.01. The van der Waals surface area contributed by atoms with E-state index in [1.165, 1.54) is 23.5 Å². The smallest absolute Gasteiger partial charge is 0.297 e. The highest BCUT2D eigenvalue weighted by atomic mass is 32.2. The summed E-state index contributed by atoms with van der Waals surface area (Å²) in [7, 11) is -4.00. The summed E-state index contributed by atoms with van der Waals surface area (Å²) in [6, 6.07) is 9.77. The van der Waals surface area contributed by atoms with Crippen LogP contribution in [0.25, 0.3) is 10.2 Å². The van der Waals surface area contributed by atoms with Crippen molar-refractivity contribution < 1.29 is 27.2 Å². The Morgan fingerprint density at radius 2 is 1.75 bits per heavy atom. The average molecular weight is 480 g/mol. The third-order valence-corrected chi connectivity index (χ3v) is 6.61. The first-order chi connectivity index (χ1) is 14.9. The molecule has 0 saturated heterocycles.